The topological polar surface area (TPSA) is 95.7 Å². The fourth-order valence-electron chi connectivity index (χ4n) is 3.35. The van der Waals surface area contributed by atoms with E-state index in [1.807, 2.05) is 6.92 Å². The third-order valence-corrected chi connectivity index (χ3v) is 7.72. The van der Waals surface area contributed by atoms with E-state index in [-0.39, 0.29) is 37.9 Å². The van der Waals surface area contributed by atoms with Crippen LogP contribution in [-0.4, -0.2) is 53.3 Å². The zero-order chi connectivity index (χ0) is 28.5. The van der Waals surface area contributed by atoms with Crippen molar-refractivity contribution in [3.8, 4) is 5.75 Å². The first kappa shape index (κ1) is 32.4. The number of halogens is 4. The number of ether oxygens (including phenoxy) is 4. The van der Waals surface area contributed by atoms with E-state index in [1.54, 1.807) is 11.6 Å². The molecule has 1 aromatic heterocycles. The van der Waals surface area contributed by atoms with Gasteiger partial charge in [-0.2, -0.15) is 5.10 Å². The van der Waals surface area contributed by atoms with Crippen molar-refractivity contribution in [3.63, 3.8) is 0 Å². The maximum absolute atomic E-state index is 14.2. The van der Waals surface area contributed by atoms with E-state index in [2.05, 4.69) is 24.7 Å². The van der Waals surface area contributed by atoms with Crippen LogP contribution in [0.3, 0.4) is 0 Å². The van der Waals surface area contributed by atoms with Gasteiger partial charge in [0.2, 0.25) is 5.90 Å². The molecule has 2 rings (SSSR count). The Balaban J connectivity index is 2.08. The van der Waals surface area contributed by atoms with Crippen molar-refractivity contribution in [2.24, 2.45) is 0 Å². The van der Waals surface area contributed by atoms with Gasteiger partial charge in [-0.05, 0) is 56.5 Å². The van der Waals surface area contributed by atoms with E-state index < -0.39 is 29.6 Å². The molecule has 0 spiro atoms. The Morgan fingerprint density at radius 2 is 1.89 bits per heavy atom. The van der Waals surface area contributed by atoms with Gasteiger partial charge in [0.15, 0.2) is 11.6 Å². The lowest BCUT2D eigenvalue weighted by molar-refractivity contribution is 0.0525. The molecular weight excluding hydrogens is 576 g/mol. The van der Waals surface area contributed by atoms with Crippen LogP contribution in [0.2, 0.25) is 25.7 Å². The van der Waals surface area contributed by atoms with Crippen molar-refractivity contribution in [1.29, 1.82) is 5.41 Å². The number of hydrogen-bond donors (Lipinski definition) is 1. The molecule has 1 N–H and O–H groups in total. The summed E-state index contributed by atoms with van der Waals surface area (Å²) >= 11 is 17.2. The van der Waals surface area contributed by atoms with Crippen LogP contribution in [0.5, 0.6) is 5.75 Å². The summed E-state index contributed by atoms with van der Waals surface area (Å²) in [6, 6.07) is 4.88. The first-order valence-electron chi connectivity index (χ1n) is 12.2. The quantitative estimate of drug-likeness (QED) is 0.0639. The molecular formula is C25H35Cl3FN3O5Si. The minimum absolute atomic E-state index is 0.0292. The van der Waals surface area contributed by atoms with Gasteiger partial charge in [-0.1, -0.05) is 54.4 Å². The fraction of sp³-hybridized carbons (Fsp3) is 0.560. The van der Waals surface area contributed by atoms with E-state index in [0.29, 0.717) is 25.1 Å². The minimum atomic E-state index is -1.98. The SMILES string of the molecule is CCOC(=O)c1ccc(F)c(OCCCc2c(COC(=N)C(Cl)(Cl)Cl)nn(COCC[Si](C)(C)C)c2C)c1. The van der Waals surface area contributed by atoms with Gasteiger partial charge < -0.3 is 18.9 Å². The number of aromatic nitrogens is 2. The number of carbonyl (C=O) groups excluding carboxylic acids is 1. The molecule has 0 saturated heterocycles. The highest BCUT2D eigenvalue weighted by Crippen LogP contribution is 2.29. The molecule has 0 radical (unpaired) electrons. The van der Waals surface area contributed by atoms with Crippen molar-refractivity contribution in [2.75, 3.05) is 19.8 Å². The van der Waals surface area contributed by atoms with E-state index in [9.17, 15) is 9.18 Å². The van der Waals surface area contributed by atoms with Gasteiger partial charge in [-0.3, -0.25) is 5.41 Å². The molecule has 1 heterocycles. The molecule has 1 aromatic carbocycles. The molecule has 38 heavy (non-hydrogen) atoms. The van der Waals surface area contributed by atoms with E-state index in [1.165, 1.54) is 18.2 Å². The van der Waals surface area contributed by atoms with Crippen molar-refractivity contribution in [1.82, 2.24) is 9.78 Å². The third-order valence-electron chi connectivity index (χ3n) is 5.51. The standard InChI is InChI=1S/C25H35Cl3FN3O5Si/c1-6-35-23(33)18-9-10-20(29)22(14-18)36-11-7-8-19-17(2)32(16-34-12-13-38(3,4)5)31-21(19)15-37-24(30)25(26,27)28/h9-10,14,30H,6-8,11-13,15-16H2,1-5H3. The highest BCUT2D eigenvalue weighted by atomic mass is 35.6. The van der Waals surface area contributed by atoms with Gasteiger partial charge in [-0.15, -0.1) is 0 Å². The fourth-order valence-corrected chi connectivity index (χ4v) is 4.27. The third kappa shape index (κ3) is 10.4. The first-order chi connectivity index (χ1) is 17.7. The van der Waals surface area contributed by atoms with Crippen molar-refractivity contribution in [2.45, 2.75) is 69.5 Å². The van der Waals surface area contributed by atoms with Gasteiger partial charge in [-0.25, -0.2) is 13.9 Å². The molecule has 0 amide bonds. The molecule has 0 saturated carbocycles. The van der Waals surface area contributed by atoms with Gasteiger partial charge in [0.25, 0.3) is 3.79 Å². The summed E-state index contributed by atoms with van der Waals surface area (Å²) in [5.74, 6) is -1.65. The van der Waals surface area contributed by atoms with Crippen LogP contribution < -0.4 is 4.74 Å². The smallest absolute Gasteiger partial charge is 0.338 e. The minimum Gasteiger partial charge on any atom is -0.490 e. The number of carbonyl (C=O) groups is 1. The van der Waals surface area contributed by atoms with Crippen molar-refractivity contribution >= 4 is 54.7 Å². The summed E-state index contributed by atoms with van der Waals surface area (Å²) in [5, 5.41) is 12.4. The van der Waals surface area contributed by atoms with Gasteiger partial charge in [0.05, 0.1) is 18.8 Å². The zero-order valence-electron chi connectivity index (χ0n) is 22.3. The monoisotopic (exact) mass is 609 g/mol. The van der Waals surface area contributed by atoms with Crippen LogP contribution in [0.1, 0.15) is 40.7 Å². The number of rotatable bonds is 14. The largest absolute Gasteiger partial charge is 0.490 e. The molecule has 0 aliphatic heterocycles. The van der Waals surface area contributed by atoms with Crippen molar-refractivity contribution in [3.05, 3.63) is 46.5 Å². The Morgan fingerprint density at radius 1 is 1.18 bits per heavy atom. The van der Waals surface area contributed by atoms with Crippen molar-refractivity contribution < 1.29 is 28.1 Å². The molecule has 13 heteroatoms. The average molecular weight is 611 g/mol. The number of nitrogens with zero attached hydrogens (tertiary/aromatic N) is 2. The Labute approximate surface area is 239 Å². The lowest BCUT2D eigenvalue weighted by Gasteiger charge is -2.15. The van der Waals surface area contributed by atoms with Crippen LogP contribution in [0, 0.1) is 18.2 Å². The molecule has 0 unspecified atom stereocenters. The number of esters is 1. The molecule has 0 bridgehead atoms. The second-order valence-corrected chi connectivity index (χ2v) is 17.7. The lowest BCUT2D eigenvalue weighted by Crippen LogP contribution is -2.22. The second-order valence-electron chi connectivity index (χ2n) is 9.79. The summed E-state index contributed by atoms with van der Waals surface area (Å²) in [4.78, 5) is 11.9. The molecule has 8 nitrogen and oxygen atoms in total. The summed E-state index contributed by atoms with van der Waals surface area (Å²) in [6.45, 7) is 11.7. The average Bonchev–Trinajstić information content (AvgIpc) is 3.12. The van der Waals surface area contributed by atoms with Gasteiger partial charge in [0, 0.05) is 20.4 Å². The molecule has 0 aliphatic carbocycles. The predicted molar refractivity (Wildman–Crippen MR) is 150 cm³/mol. The second kappa shape index (κ2) is 14.5. The number of hydrogen-bond acceptors (Lipinski definition) is 7. The molecule has 0 fully saturated rings. The van der Waals surface area contributed by atoms with Gasteiger partial charge >= 0.3 is 5.97 Å². The van der Waals surface area contributed by atoms with E-state index >= 15 is 0 Å². The molecule has 212 valence electrons. The van der Waals surface area contributed by atoms with E-state index in [4.69, 9.17) is 59.2 Å². The van der Waals surface area contributed by atoms with Crippen LogP contribution in [0.15, 0.2) is 18.2 Å². The van der Waals surface area contributed by atoms with Crippen LogP contribution in [0.4, 0.5) is 4.39 Å². The van der Waals surface area contributed by atoms with Crippen LogP contribution in [-0.2, 0) is 34.0 Å². The number of alkyl halides is 3. The van der Waals surface area contributed by atoms with E-state index in [0.717, 1.165) is 17.3 Å². The summed E-state index contributed by atoms with van der Waals surface area (Å²) in [7, 11) is -1.23. The summed E-state index contributed by atoms with van der Waals surface area (Å²) < 4.78 is 35.8. The molecule has 2 aromatic rings. The Bertz CT molecular complexity index is 1100. The maximum atomic E-state index is 14.2. The zero-order valence-corrected chi connectivity index (χ0v) is 25.6. The Hall–Kier alpha value is -1.85. The number of benzene rings is 1. The lowest BCUT2D eigenvalue weighted by atomic mass is 10.1. The highest BCUT2D eigenvalue weighted by Gasteiger charge is 2.29. The van der Waals surface area contributed by atoms with Crippen LogP contribution in [0.25, 0.3) is 0 Å². The highest BCUT2D eigenvalue weighted by molar-refractivity contribution is 6.76. The molecule has 0 atom stereocenters. The summed E-state index contributed by atoms with van der Waals surface area (Å²) in [5.41, 5.74) is 2.53. The Kier molecular flexibility index (Phi) is 12.4. The maximum Gasteiger partial charge on any atom is 0.338 e. The molecule has 0 aliphatic rings. The van der Waals surface area contributed by atoms with Crippen LogP contribution >= 0.6 is 34.8 Å². The number of nitrogens with one attached hydrogen (secondary N) is 1. The normalized spacial score (nSPS) is 11.9. The summed E-state index contributed by atoms with van der Waals surface area (Å²) in [6.07, 6.45) is 1.04. The first-order valence-corrected chi connectivity index (χ1v) is 17.1. The van der Waals surface area contributed by atoms with Gasteiger partial charge in [0.1, 0.15) is 19.0 Å². The predicted octanol–water partition coefficient (Wildman–Crippen LogP) is 6.70. The Morgan fingerprint density at radius 3 is 2.53 bits per heavy atom.